The zero-order chi connectivity index (χ0) is 13.8. The second-order valence-corrected chi connectivity index (χ2v) is 5.81. The van der Waals surface area contributed by atoms with Crippen LogP contribution in [0, 0.1) is 4.77 Å². The van der Waals surface area contributed by atoms with Gasteiger partial charge in [0.25, 0.3) is 0 Å². The Kier molecular flexibility index (Phi) is 4.61. The van der Waals surface area contributed by atoms with Crippen molar-refractivity contribution in [3.63, 3.8) is 0 Å². The Labute approximate surface area is 123 Å². The predicted octanol–water partition coefficient (Wildman–Crippen LogP) is 3.82. The third-order valence-corrected chi connectivity index (χ3v) is 4.14. The van der Waals surface area contributed by atoms with Crippen LogP contribution in [0.2, 0.25) is 0 Å². The Bertz CT molecular complexity index is 626. The van der Waals surface area contributed by atoms with E-state index < -0.39 is 0 Å². The van der Waals surface area contributed by atoms with E-state index in [2.05, 4.69) is 35.9 Å². The standard InChI is InChI=1S/C14H17N3S2/c1-11(2)9-17-13(15-16(3)14(17)18)19-10-12-7-5-4-6-8-12/h4-8H,1,9-10H2,2-3H3. The molecule has 0 atom stereocenters. The molecule has 0 fully saturated rings. The summed E-state index contributed by atoms with van der Waals surface area (Å²) < 4.78 is 4.51. The van der Waals surface area contributed by atoms with Gasteiger partial charge in [0.2, 0.25) is 0 Å². The molecule has 1 aromatic heterocycles. The lowest BCUT2D eigenvalue weighted by molar-refractivity contribution is 0.692. The van der Waals surface area contributed by atoms with Crippen LogP contribution in [0.3, 0.4) is 0 Å². The van der Waals surface area contributed by atoms with Crippen molar-refractivity contribution in [3.8, 4) is 0 Å². The van der Waals surface area contributed by atoms with E-state index in [1.807, 2.05) is 24.6 Å². The summed E-state index contributed by atoms with van der Waals surface area (Å²) in [6, 6.07) is 10.4. The molecule has 0 N–H and O–H groups in total. The number of aryl methyl sites for hydroxylation is 1. The molecule has 0 unspecified atom stereocenters. The minimum Gasteiger partial charge on any atom is -0.291 e. The molecule has 2 rings (SSSR count). The first-order valence-electron chi connectivity index (χ1n) is 6.03. The molecule has 1 aromatic carbocycles. The average molecular weight is 291 g/mol. The second-order valence-electron chi connectivity index (χ2n) is 4.51. The summed E-state index contributed by atoms with van der Waals surface area (Å²) in [6.07, 6.45) is 0. The molecule has 5 heteroatoms. The number of hydrogen-bond acceptors (Lipinski definition) is 3. The fourth-order valence-corrected chi connectivity index (χ4v) is 2.94. The van der Waals surface area contributed by atoms with Gasteiger partial charge in [0.15, 0.2) is 9.93 Å². The van der Waals surface area contributed by atoms with E-state index >= 15 is 0 Å². The summed E-state index contributed by atoms with van der Waals surface area (Å²) in [5.41, 5.74) is 2.36. The van der Waals surface area contributed by atoms with Crippen molar-refractivity contribution in [2.75, 3.05) is 0 Å². The van der Waals surface area contributed by atoms with E-state index in [-0.39, 0.29) is 0 Å². The molecule has 19 heavy (non-hydrogen) atoms. The van der Waals surface area contributed by atoms with Crippen molar-refractivity contribution < 1.29 is 0 Å². The summed E-state index contributed by atoms with van der Waals surface area (Å²) in [4.78, 5) is 0. The van der Waals surface area contributed by atoms with Gasteiger partial charge in [-0.2, -0.15) is 0 Å². The summed E-state index contributed by atoms with van der Waals surface area (Å²) >= 11 is 7.07. The van der Waals surface area contributed by atoms with Crippen molar-refractivity contribution in [3.05, 3.63) is 52.8 Å². The van der Waals surface area contributed by atoms with Crippen molar-refractivity contribution in [1.29, 1.82) is 0 Å². The molecule has 0 spiro atoms. The monoisotopic (exact) mass is 291 g/mol. The van der Waals surface area contributed by atoms with Gasteiger partial charge in [-0.05, 0) is 24.7 Å². The number of aromatic nitrogens is 3. The van der Waals surface area contributed by atoms with Gasteiger partial charge in [0.05, 0.1) is 0 Å². The normalized spacial score (nSPS) is 10.6. The summed E-state index contributed by atoms with van der Waals surface area (Å²) in [6.45, 7) is 6.67. The minimum absolute atomic E-state index is 0.726. The highest BCUT2D eigenvalue weighted by molar-refractivity contribution is 7.98. The first kappa shape index (κ1) is 14.1. The molecule has 100 valence electrons. The fourth-order valence-electron chi connectivity index (χ4n) is 1.72. The quantitative estimate of drug-likeness (QED) is 0.475. The number of benzene rings is 1. The SMILES string of the molecule is C=C(C)Cn1c(SCc2ccccc2)nn(C)c1=S. The number of rotatable bonds is 5. The number of hydrogen-bond donors (Lipinski definition) is 0. The lowest BCUT2D eigenvalue weighted by Gasteiger charge is -2.05. The van der Waals surface area contributed by atoms with Gasteiger partial charge >= 0.3 is 0 Å². The zero-order valence-corrected chi connectivity index (χ0v) is 12.8. The topological polar surface area (TPSA) is 22.8 Å². The maximum atomic E-state index is 5.37. The Balaban J connectivity index is 2.18. The van der Waals surface area contributed by atoms with Crippen molar-refractivity contribution in [2.45, 2.75) is 24.4 Å². The van der Waals surface area contributed by atoms with Gasteiger partial charge in [-0.3, -0.25) is 4.57 Å². The summed E-state index contributed by atoms with van der Waals surface area (Å²) in [7, 11) is 1.88. The minimum atomic E-state index is 0.726. The van der Waals surface area contributed by atoms with Crippen molar-refractivity contribution in [2.24, 2.45) is 7.05 Å². The van der Waals surface area contributed by atoms with Crippen LogP contribution in [-0.4, -0.2) is 14.3 Å². The molecule has 0 aliphatic carbocycles. The molecule has 0 radical (unpaired) electrons. The van der Waals surface area contributed by atoms with Crippen LogP contribution in [0.5, 0.6) is 0 Å². The van der Waals surface area contributed by atoms with Crippen LogP contribution in [0.4, 0.5) is 0 Å². The first-order chi connectivity index (χ1) is 9.08. The first-order valence-corrected chi connectivity index (χ1v) is 7.42. The highest BCUT2D eigenvalue weighted by Crippen LogP contribution is 2.22. The maximum Gasteiger partial charge on any atom is 0.198 e. The molecular weight excluding hydrogens is 274 g/mol. The highest BCUT2D eigenvalue weighted by atomic mass is 32.2. The molecule has 0 saturated heterocycles. The average Bonchev–Trinajstić information content (AvgIpc) is 2.65. The largest absolute Gasteiger partial charge is 0.291 e. The number of allylic oxidation sites excluding steroid dienone is 1. The Morgan fingerprint density at radius 1 is 1.37 bits per heavy atom. The van der Waals surface area contributed by atoms with Gasteiger partial charge in [-0.25, -0.2) is 4.68 Å². The molecule has 3 nitrogen and oxygen atoms in total. The van der Waals surface area contributed by atoms with E-state index in [0.29, 0.717) is 0 Å². The number of nitrogens with zero attached hydrogens (tertiary/aromatic N) is 3. The van der Waals surface area contributed by atoms with Gasteiger partial charge in [-0.1, -0.05) is 54.2 Å². The highest BCUT2D eigenvalue weighted by Gasteiger charge is 2.09. The molecule has 1 heterocycles. The molecular formula is C14H17N3S2. The van der Waals surface area contributed by atoms with Crippen LogP contribution in [-0.2, 0) is 19.3 Å². The smallest absolute Gasteiger partial charge is 0.198 e. The van der Waals surface area contributed by atoms with E-state index in [1.54, 1.807) is 16.4 Å². The predicted molar refractivity (Wildman–Crippen MR) is 82.8 cm³/mol. The molecule has 0 aliphatic heterocycles. The maximum absolute atomic E-state index is 5.37. The molecule has 2 aromatic rings. The molecule has 0 bridgehead atoms. The van der Waals surface area contributed by atoms with Crippen LogP contribution < -0.4 is 0 Å². The van der Waals surface area contributed by atoms with Crippen molar-refractivity contribution in [1.82, 2.24) is 14.3 Å². The Hall–Kier alpha value is -1.33. The van der Waals surface area contributed by atoms with E-state index in [1.165, 1.54) is 5.56 Å². The van der Waals surface area contributed by atoms with Gasteiger partial charge in [0.1, 0.15) is 0 Å². The van der Waals surface area contributed by atoms with Gasteiger partial charge in [0, 0.05) is 19.3 Å². The van der Waals surface area contributed by atoms with Crippen LogP contribution in [0.15, 0.2) is 47.6 Å². The summed E-state index contributed by atoms with van der Waals surface area (Å²) in [5.74, 6) is 0.892. The number of thioether (sulfide) groups is 1. The molecule has 0 aliphatic rings. The Morgan fingerprint density at radius 2 is 2.05 bits per heavy atom. The third kappa shape index (κ3) is 3.58. The van der Waals surface area contributed by atoms with E-state index in [0.717, 1.165) is 27.8 Å². The second kappa shape index (κ2) is 6.21. The molecule has 0 amide bonds. The van der Waals surface area contributed by atoms with E-state index in [9.17, 15) is 0 Å². The van der Waals surface area contributed by atoms with Crippen LogP contribution >= 0.6 is 24.0 Å². The fraction of sp³-hybridized carbons (Fsp3) is 0.286. The van der Waals surface area contributed by atoms with E-state index in [4.69, 9.17) is 12.2 Å². The van der Waals surface area contributed by atoms with Crippen LogP contribution in [0.1, 0.15) is 12.5 Å². The zero-order valence-electron chi connectivity index (χ0n) is 11.2. The lowest BCUT2D eigenvalue weighted by Crippen LogP contribution is -2.01. The third-order valence-electron chi connectivity index (χ3n) is 2.61. The Morgan fingerprint density at radius 3 is 2.68 bits per heavy atom. The van der Waals surface area contributed by atoms with Crippen LogP contribution in [0.25, 0.3) is 0 Å². The summed E-state index contributed by atoms with van der Waals surface area (Å²) in [5, 5.41) is 5.42. The van der Waals surface area contributed by atoms with Gasteiger partial charge in [-0.15, -0.1) is 5.10 Å². The molecule has 0 saturated carbocycles. The lowest BCUT2D eigenvalue weighted by atomic mass is 10.2. The van der Waals surface area contributed by atoms with Crippen molar-refractivity contribution >= 4 is 24.0 Å². The van der Waals surface area contributed by atoms with Gasteiger partial charge < -0.3 is 0 Å².